The second-order valence-electron chi connectivity index (χ2n) is 2.62. The molecule has 2 N–H and O–H groups in total. The summed E-state index contributed by atoms with van der Waals surface area (Å²) in [5, 5.41) is 26.4. The van der Waals surface area contributed by atoms with Crippen LogP contribution in [-0.4, -0.2) is 30.9 Å². The van der Waals surface area contributed by atoms with Crippen molar-refractivity contribution >= 4 is 11.6 Å². The van der Waals surface area contributed by atoms with Crippen LogP contribution in [0.25, 0.3) is 5.65 Å². The highest BCUT2D eigenvalue weighted by molar-refractivity contribution is 5.93. The molecule has 2 aromatic heterocycles. The Morgan fingerprint density at radius 1 is 1.60 bits per heavy atom. The number of aromatic carboxylic acids is 1. The molecule has 15 heavy (non-hydrogen) atoms. The summed E-state index contributed by atoms with van der Waals surface area (Å²) in [5.41, 5.74) is -1.42. The standard InChI is InChI=1S/C7H3N5O3/c8-1-4-6(13)12-5(11-10-4)3(2-9-12)7(14)15/h2,9H,(H,14,15). The molecule has 2 aromatic rings. The lowest BCUT2D eigenvalue weighted by Gasteiger charge is -1.91. The SMILES string of the molecule is N#Cc1nnc2c(C(=O)O)c[nH]n2c1=O. The van der Waals surface area contributed by atoms with Gasteiger partial charge in [0.15, 0.2) is 5.65 Å². The Morgan fingerprint density at radius 2 is 2.33 bits per heavy atom. The zero-order valence-corrected chi connectivity index (χ0v) is 7.13. The molecule has 0 aliphatic carbocycles. The van der Waals surface area contributed by atoms with Crippen molar-refractivity contribution < 1.29 is 9.90 Å². The van der Waals surface area contributed by atoms with Gasteiger partial charge >= 0.3 is 11.5 Å². The number of carboxylic acid groups (broad SMARTS) is 1. The summed E-state index contributed by atoms with van der Waals surface area (Å²) in [6.07, 6.45) is 1.11. The normalized spacial score (nSPS) is 10.1. The topological polar surface area (TPSA) is 124 Å². The Morgan fingerprint density at radius 3 is 2.93 bits per heavy atom. The second kappa shape index (κ2) is 2.91. The van der Waals surface area contributed by atoms with Crippen molar-refractivity contribution in [1.82, 2.24) is 19.8 Å². The second-order valence-corrected chi connectivity index (χ2v) is 2.62. The highest BCUT2D eigenvalue weighted by Gasteiger charge is 2.15. The number of hydrogen-bond acceptors (Lipinski definition) is 5. The number of aromatic nitrogens is 4. The zero-order chi connectivity index (χ0) is 11.0. The van der Waals surface area contributed by atoms with Crippen LogP contribution < -0.4 is 5.56 Å². The number of aromatic amines is 1. The van der Waals surface area contributed by atoms with Crippen LogP contribution in [0.15, 0.2) is 11.0 Å². The number of fused-ring (bicyclic) bond motifs is 1. The number of nitrogens with zero attached hydrogens (tertiary/aromatic N) is 4. The Kier molecular flexibility index (Phi) is 1.73. The van der Waals surface area contributed by atoms with Crippen molar-refractivity contribution in [3.05, 3.63) is 27.8 Å². The number of rotatable bonds is 1. The largest absolute Gasteiger partial charge is 0.477 e. The van der Waals surface area contributed by atoms with Crippen LogP contribution in [0.1, 0.15) is 16.1 Å². The van der Waals surface area contributed by atoms with Crippen LogP contribution in [0.3, 0.4) is 0 Å². The predicted molar refractivity (Wildman–Crippen MR) is 45.3 cm³/mol. The molecule has 0 bridgehead atoms. The van der Waals surface area contributed by atoms with E-state index in [9.17, 15) is 9.59 Å². The lowest BCUT2D eigenvalue weighted by Crippen LogP contribution is -2.20. The summed E-state index contributed by atoms with van der Waals surface area (Å²) in [5.74, 6) is -1.23. The number of H-pyrrole nitrogens is 1. The fourth-order valence-corrected chi connectivity index (χ4v) is 1.10. The summed E-state index contributed by atoms with van der Waals surface area (Å²) in [6, 6.07) is 1.55. The van der Waals surface area contributed by atoms with E-state index in [2.05, 4.69) is 15.3 Å². The third-order valence-corrected chi connectivity index (χ3v) is 1.78. The molecular weight excluding hydrogens is 202 g/mol. The molecular formula is C7H3N5O3. The first kappa shape index (κ1) is 8.89. The molecule has 0 saturated carbocycles. The van der Waals surface area contributed by atoms with Crippen molar-refractivity contribution in [1.29, 1.82) is 5.26 Å². The van der Waals surface area contributed by atoms with Gasteiger partial charge in [0.25, 0.3) is 0 Å². The van der Waals surface area contributed by atoms with Gasteiger partial charge in [-0.05, 0) is 0 Å². The number of carboxylic acids is 1. The van der Waals surface area contributed by atoms with Crippen molar-refractivity contribution in [3.8, 4) is 6.07 Å². The van der Waals surface area contributed by atoms with Crippen LogP contribution >= 0.6 is 0 Å². The zero-order valence-electron chi connectivity index (χ0n) is 7.13. The van der Waals surface area contributed by atoms with E-state index in [1.54, 1.807) is 6.07 Å². The highest BCUT2D eigenvalue weighted by atomic mass is 16.4. The quantitative estimate of drug-likeness (QED) is 0.614. The minimum Gasteiger partial charge on any atom is -0.477 e. The molecule has 0 saturated heterocycles. The monoisotopic (exact) mass is 205 g/mol. The van der Waals surface area contributed by atoms with Crippen LogP contribution in [-0.2, 0) is 0 Å². The maximum atomic E-state index is 11.4. The Labute approximate surface area is 81.4 Å². The Hall–Kier alpha value is -2.69. The van der Waals surface area contributed by atoms with E-state index < -0.39 is 17.2 Å². The van der Waals surface area contributed by atoms with Gasteiger partial charge in [0, 0.05) is 6.20 Å². The van der Waals surface area contributed by atoms with Gasteiger partial charge in [0.05, 0.1) is 0 Å². The van der Waals surface area contributed by atoms with E-state index in [0.29, 0.717) is 0 Å². The average Bonchev–Trinajstić information content (AvgIpc) is 2.62. The molecule has 8 heteroatoms. The molecule has 2 rings (SSSR count). The van der Waals surface area contributed by atoms with Gasteiger partial charge in [-0.3, -0.25) is 9.89 Å². The Bertz CT molecular complexity index is 647. The molecule has 0 aromatic carbocycles. The molecule has 2 heterocycles. The molecule has 0 aliphatic heterocycles. The van der Waals surface area contributed by atoms with E-state index in [-0.39, 0.29) is 11.2 Å². The Balaban J connectivity index is 2.89. The molecule has 0 radical (unpaired) electrons. The molecule has 0 amide bonds. The van der Waals surface area contributed by atoms with Crippen LogP contribution in [0.4, 0.5) is 0 Å². The fourth-order valence-electron chi connectivity index (χ4n) is 1.10. The van der Waals surface area contributed by atoms with E-state index in [1.807, 2.05) is 0 Å². The van der Waals surface area contributed by atoms with Gasteiger partial charge in [-0.15, -0.1) is 10.2 Å². The lowest BCUT2D eigenvalue weighted by atomic mass is 10.3. The summed E-state index contributed by atoms with van der Waals surface area (Å²) in [7, 11) is 0. The van der Waals surface area contributed by atoms with Crippen LogP contribution in [0, 0.1) is 11.3 Å². The van der Waals surface area contributed by atoms with Crippen molar-refractivity contribution in [2.75, 3.05) is 0 Å². The minimum atomic E-state index is -1.23. The average molecular weight is 205 g/mol. The van der Waals surface area contributed by atoms with Crippen molar-refractivity contribution in [3.63, 3.8) is 0 Å². The summed E-state index contributed by atoms with van der Waals surface area (Å²) in [6.45, 7) is 0. The predicted octanol–water partition coefficient (Wildman–Crippen LogP) is -1.01. The molecule has 0 atom stereocenters. The van der Waals surface area contributed by atoms with E-state index >= 15 is 0 Å². The smallest absolute Gasteiger partial charge is 0.341 e. The molecule has 0 unspecified atom stereocenters. The summed E-state index contributed by atoms with van der Waals surface area (Å²) in [4.78, 5) is 22.1. The van der Waals surface area contributed by atoms with Crippen LogP contribution in [0.5, 0.6) is 0 Å². The molecule has 74 valence electrons. The first-order valence-electron chi connectivity index (χ1n) is 3.75. The lowest BCUT2D eigenvalue weighted by molar-refractivity contribution is 0.0698. The van der Waals surface area contributed by atoms with Gasteiger partial charge in [0.1, 0.15) is 11.6 Å². The number of nitrogens with one attached hydrogen (secondary N) is 1. The van der Waals surface area contributed by atoms with E-state index in [1.165, 1.54) is 0 Å². The first-order valence-corrected chi connectivity index (χ1v) is 3.75. The summed E-state index contributed by atoms with van der Waals surface area (Å²) >= 11 is 0. The minimum absolute atomic E-state index is 0.119. The van der Waals surface area contributed by atoms with E-state index in [0.717, 1.165) is 10.7 Å². The summed E-state index contributed by atoms with van der Waals surface area (Å²) < 4.78 is 0.856. The third-order valence-electron chi connectivity index (χ3n) is 1.78. The van der Waals surface area contributed by atoms with E-state index in [4.69, 9.17) is 10.4 Å². The third kappa shape index (κ3) is 1.14. The van der Waals surface area contributed by atoms with Gasteiger partial charge in [0.2, 0.25) is 5.69 Å². The molecule has 8 nitrogen and oxygen atoms in total. The number of hydrogen-bond donors (Lipinski definition) is 2. The van der Waals surface area contributed by atoms with Gasteiger partial charge in [-0.1, -0.05) is 0 Å². The number of carbonyl (C=O) groups is 1. The van der Waals surface area contributed by atoms with Gasteiger partial charge in [-0.2, -0.15) is 9.78 Å². The van der Waals surface area contributed by atoms with Gasteiger partial charge in [-0.25, -0.2) is 4.79 Å². The molecule has 0 aliphatic rings. The molecule has 0 fully saturated rings. The van der Waals surface area contributed by atoms with Crippen molar-refractivity contribution in [2.45, 2.75) is 0 Å². The molecule has 0 spiro atoms. The fraction of sp³-hybridized carbons (Fsp3) is 0. The van der Waals surface area contributed by atoms with Crippen molar-refractivity contribution in [2.24, 2.45) is 0 Å². The van der Waals surface area contributed by atoms with Gasteiger partial charge < -0.3 is 5.11 Å². The maximum Gasteiger partial charge on any atom is 0.341 e. The first-order chi connectivity index (χ1) is 7.15. The number of nitriles is 1. The van der Waals surface area contributed by atoms with Crippen LogP contribution in [0.2, 0.25) is 0 Å². The highest BCUT2D eigenvalue weighted by Crippen LogP contribution is 2.03. The maximum absolute atomic E-state index is 11.4.